The SMILES string of the molecule is Cc1nc(Nc2cnccn2)cc([C@@H]2CCCCN2Cc2cncn2C)n1. The molecule has 3 aromatic rings. The summed E-state index contributed by atoms with van der Waals surface area (Å²) in [5, 5.41) is 3.24. The van der Waals surface area contributed by atoms with Crippen LogP contribution in [0.1, 0.15) is 42.5 Å². The van der Waals surface area contributed by atoms with E-state index in [2.05, 4.69) is 34.7 Å². The normalized spacial score (nSPS) is 17.8. The first-order chi connectivity index (χ1) is 13.2. The molecule has 4 heterocycles. The Kier molecular flexibility index (Phi) is 5.06. The molecule has 0 aromatic carbocycles. The Labute approximate surface area is 158 Å². The van der Waals surface area contributed by atoms with E-state index in [1.807, 2.05) is 32.6 Å². The molecule has 27 heavy (non-hydrogen) atoms. The Hall–Kier alpha value is -2.87. The lowest BCUT2D eigenvalue weighted by Crippen LogP contribution is -2.34. The van der Waals surface area contributed by atoms with Gasteiger partial charge in [-0.15, -0.1) is 0 Å². The van der Waals surface area contributed by atoms with Crippen LogP contribution in [0.5, 0.6) is 0 Å². The molecule has 0 aliphatic carbocycles. The van der Waals surface area contributed by atoms with Crippen LogP contribution in [0.2, 0.25) is 0 Å². The number of aryl methyl sites for hydroxylation is 2. The summed E-state index contributed by atoms with van der Waals surface area (Å²) < 4.78 is 2.08. The van der Waals surface area contributed by atoms with Gasteiger partial charge in [0.25, 0.3) is 0 Å². The van der Waals surface area contributed by atoms with Crippen LogP contribution < -0.4 is 5.32 Å². The largest absolute Gasteiger partial charge is 0.337 e. The second kappa shape index (κ2) is 7.79. The van der Waals surface area contributed by atoms with E-state index < -0.39 is 0 Å². The van der Waals surface area contributed by atoms with E-state index in [-0.39, 0.29) is 6.04 Å². The Morgan fingerprint density at radius 1 is 1.11 bits per heavy atom. The monoisotopic (exact) mass is 364 g/mol. The fourth-order valence-corrected chi connectivity index (χ4v) is 3.58. The zero-order valence-corrected chi connectivity index (χ0v) is 15.7. The summed E-state index contributed by atoms with van der Waals surface area (Å²) in [5.41, 5.74) is 2.27. The van der Waals surface area contributed by atoms with E-state index in [0.29, 0.717) is 5.82 Å². The smallest absolute Gasteiger partial charge is 0.150 e. The summed E-state index contributed by atoms with van der Waals surface area (Å²) in [5.74, 6) is 2.19. The van der Waals surface area contributed by atoms with Gasteiger partial charge in [0.05, 0.1) is 30.0 Å². The summed E-state index contributed by atoms with van der Waals surface area (Å²) in [4.78, 5) is 24.4. The highest BCUT2D eigenvalue weighted by Crippen LogP contribution is 2.32. The van der Waals surface area contributed by atoms with Crippen LogP contribution >= 0.6 is 0 Å². The maximum absolute atomic E-state index is 4.75. The highest BCUT2D eigenvalue weighted by Gasteiger charge is 2.26. The van der Waals surface area contributed by atoms with Crippen molar-refractivity contribution in [1.82, 2.24) is 34.4 Å². The molecular weight excluding hydrogens is 340 g/mol. The molecule has 0 amide bonds. The van der Waals surface area contributed by atoms with Crippen molar-refractivity contribution in [2.24, 2.45) is 7.05 Å². The van der Waals surface area contributed by atoms with E-state index in [1.165, 1.54) is 18.5 Å². The number of anilines is 2. The van der Waals surface area contributed by atoms with Crippen molar-refractivity contribution in [2.45, 2.75) is 38.8 Å². The van der Waals surface area contributed by atoms with E-state index in [1.54, 1.807) is 18.6 Å². The third-order valence-corrected chi connectivity index (χ3v) is 4.91. The van der Waals surface area contributed by atoms with Gasteiger partial charge in [0.2, 0.25) is 0 Å². The summed E-state index contributed by atoms with van der Waals surface area (Å²) in [7, 11) is 2.04. The van der Waals surface area contributed by atoms with Crippen molar-refractivity contribution in [3.8, 4) is 0 Å². The van der Waals surface area contributed by atoms with Crippen LogP contribution in [0.25, 0.3) is 0 Å². The van der Waals surface area contributed by atoms with Gasteiger partial charge in [-0.25, -0.2) is 19.9 Å². The molecule has 8 heteroatoms. The zero-order chi connectivity index (χ0) is 18.6. The number of imidazole rings is 1. The van der Waals surface area contributed by atoms with Gasteiger partial charge in [-0.2, -0.15) is 0 Å². The number of nitrogens with zero attached hydrogens (tertiary/aromatic N) is 7. The Morgan fingerprint density at radius 2 is 2.04 bits per heavy atom. The standard InChI is InChI=1S/C19H24N8/c1-14-23-16(9-18(24-14)25-19-11-20-6-7-22-19)17-5-3-4-8-27(17)12-15-10-21-13-26(15)2/h6-7,9-11,13,17H,3-5,8,12H2,1-2H3,(H,22,23,24,25)/t17-/m0/s1. The topological polar surface area (TPSA) is 84.7 Å². The van der Waals surface area contributed by atoms with E-state index >= 15 is 0 Å². The van der Waals surface area contributed by atoms with Gasteiger partial charge in [-0.05, 0) is 26.3 Å². The highest BCUT2D eigenvalue weighted by molar-refractivity contribution is 5.50. The zero-order valence-electron chi connectivity index (χ0n) is 15.7. The molecule has 0 saturated carbocycles. The minimum atomic E-state index is 0.276. The van der Waals surface area contributed by atoms with Crippen LogP contribution in [0.15, 0.2) is 37.2 Å². The van der Waals surface area contributed by atoms with Gasteiger partial charge < -0.3 is 9.88 Å². The van der Waals surface area contributed by atoms with Gasteiger partial charge in [0, 0.05) is 38.2 Å². The predicted molar refractivity (Wildman–Crippen MR) is 102 cm³/mol. The average Bonchev–Trinajstić information content (AvgIpc) is 3.07. The van der Waals surface area contributed by atoms with E-state index in [0.717, 1.165) is 36.8 Å². The van der Waals surface area contributed by atoms with Crippen molar-refractivity contribution in [1.29, 1.82) is 0 Å². The molecule has 1 atom stereocenters. The fourth-order valence-electron chi connectivity index (χ4n) is 3.58. The predicted octanol–water partition coefficient (Wildman–Crippen LogP) is 2.78. The molecular formula is C19H24N8. The lowest BCUT2D eigenvalue weighted by Gasteiger charge is -2.35. The molecule has 8 nitrogen and oxygen atoms in total. The van der Waals surface area contributed by atoms with Crippen LogP contribution in [0.3, 0.4) is 0 Å². The Bertz CT molecular complexity index is 892. The first kappa shape index (κ1) is 17.5. The second-order valence-electron chi connectivity index (χ2n) is 6.92. The van der Waals surface area contributed by atoms with Gasteiger partial charge in [0.1, 0.15) is 17.5 Å². The third-order valence-electron chi connectivity index (χ3n) is 4.91. The highest BCUT2D eigenvalue weighted by atomic mass is 15.2. The molecule has 1 fully saturated rings. The maximum Gasteiger partial charge on any atom is 0.150 e. The lowest BCUT2D eigenvalue weighted by atomic mass is 9.98. The molecule has 0 spiro atoms. The molecule has 1 N–H and O–H groups in total. The number of hydrogen-bond donors (Lipinski definition) is 1. The number of aromatic nitrogens is 6. The van der Waals surface area contributed by atoms with Crippen molar-refractivity contribution >= 4 is 11.6 Å². The third kappa shape index (κ3) is 4.11. The number of likely N-dealkylation sites (tertiary alicyclic amines) is 1. The summed E-state index contributed by atoms with van der Waals surface area (Å²) >= 11 is 0. The first-order valence-electron chi connectivity index (χ1n) is 9.27. The summed E-state index contributed by atoms with van der Waals surface area (Å²) in [6.45, 7) is 3.86. The van der Waals surface area contributed by atoms with Gasteiger partial charge >= 0.3 is 0 Å². The molecule has 0 bridgehead atoms. The van der Waals surface area contributed by atoms with E-state index in [9.17, 15) is 0 Å². The summed E-state index contributed by atoms with van der Waals surface area (Å²) in [6, 6.07) is 2.31. The molecule has 0 unspecified atom stereocenters. The quantitative estimate of drug-likeness (QED) is 0.745. The Morgan fingerprint density at radius 3 is 2.81 bits per heavy atom. The van der Waals surface area contributed by atoms with Gasteiger partial charge in [-0.1, -0.05) is 6.42 Å². The average molecular weight is 364 g/mol. The minimum Gasteiger partial charge on any atom is -0.337 e. The summed E-state index contributed by atoms with van der Waals surface area (Å²) in [6.07, 6.45) is 12.3. The van der Waals surface area contributed by atoms with Gasteiger partial charge in [0.15, 0.2) is 0 Å². The van der Waals surface area contributed by atoms with Crippen molar-refractivity contribution < 1.29 is 0 Å². The van der Waals surface area contributed by atoms with Crippen molar-refractivity contribution in [3.63, 3.8) is 0 Å². The molecule has 0 radical (unpaired) electrons. The van der Waals surface area contributed by atoms with Crippen molar-refractivity contribution in [2.75, 3.05) is 11.9 Å². The Balaban J connectivity index is 1.59. The maximum atomic E-state index is 4.75. The minimum absolute atomic E-state index is 0.276. The van der Waals surface area contributed by atoms with Crippen molar-refractivity contribution in [3.05, 3.63) is 54.4 Å². The number of piperidine rings is 1. The van der Waals surface area contributed by atoms with Crippen LogP contribution in [0, 0.1) is 6.92 Å². The number of nitrogens with one attached hydrogen (secondary N) is 1. The van der Waals surface area contributed by atoms with Crippen LogP contribution in [-0.4, -0.2) is 40.9 Å². The first-order valence-corrected chi connectivity index (χ1v) is 9.27. The van der Waals surface area contributed by atoms with Gasteiger partial charge in [-0.3, -0.25) is 9.88 Å². The molecule has 140 valence electrons. The molecule has 1 aliphatic heterocycles. The van der Waals surface area contributed by atoms with E-state index in [4.69, 9.17) is 4.98 Å². The van der Waals surface area contributed by atoms with Crippen LogP contribution in [-0.2, 0) is 13.6 Å². The molecule has 1 saturated heterocycles. The second-order valence-corrected chi connectivity index (χ2v) is 6.92. The molecule has 3 aromatic heterocycles. The lowest BCUT2D eigenvalue weighted by molar-refractivity contribution is 0.134. The molecule has 1 aliphatic rings. The number of hydrogen-bond acceptors (Lipinski definition) is 7. The number of rotatable bonds is 5. The van der Waals surface area contributed by atoms with Crippen LogP contribution in [0.4, 0.5) is 11.6 Å². The molecule has 4 rings (SSSR count). The fraction of sp³-hybridized carbons (Fsp3) is 0.421.